The SMILES string of the molecule is CCCc1cc2c(=O)c(-c3ccc4c(c3)OCCO4)c(C)oc2cc1OC(=O)c1ccc(Br)cc1. The number of ether oxygens (including phenoxy) is 3. The van der Waals surface area contributed by atoms with Gasteiger partial charge in [-0.3, -0.25) is 4.79 Å². The van der Waals surface area contributed by atoms with Gasteiger partial charge in [-0.15, -0.1) is 0 Å². The third-order valence-electron chi connectivity index (χ3n) is 5.88. The summed E-state index contributed by atoms with van der Waals surface area (Å²) in [6.07, 6.45) is 1.46. The van der Waals surface area contributed by atoms with E-state index in [0.29, 0.717) is 70.3 Å². The van der Waals surface area contributed by atoms with Gasteiger partial charge in [0.25, 0.3) is 0 Å². The van der Waals surface area contributed by atoms with Crippen molar-refractivity contribution in [3.05, 3.63) is 86.2 Å². The molecule has 7 heteroatoms. The summed E-state index contributed by atoms with van der Waals surface area (Å²) in [5, 5.41) is 0.437. The van der Waals surface area contributed by atoms with Gasteiger partial charge in [-0.05, 0) is 66.9 Å². The number of carbonyl (C=O) groups excluding carboxylic acids is 1. The molecule has 0 unspecified atom stereocenters. The van der Waals surface area contributed by atoms with Crippen LogP contribution in [0.15, 0.2) is 68.3 Å². The minimum Gasteiger partial charge on any atom is -0.486 e. The molecule has 2 heterocycles. The zero-order valence-corrected chi connectivity index (χ0v) is 20.9. The first-order chi connectivity index (χ1) is 16.9. The molecule has 0 spiro atoms. The van der Waals surface area contributed by atoms with Gasteiger partial charge < -0.3 is 18.6 Å². The van der Waals surface area contributed by atoms with Gasteiger partial charge in [-0.2, -0.15) is 0 Å². The van der Waals surface area contributed by atoms with Gasteiger partial charge in [-0.1, -0.05) is 35.3 Å². The smallest absolute Gasteiger partial charge is 0.343 e. The summed E-state index contributed by atoms with van der Waals surface area (Å²) in [6, 6.07) is 15.8. The molecule has 0 amide bonds. The Morgan fingerprint density at radius 3 is 2.49 bits per heavy atom. The van der Waals surface area contributed by atoms with Gasteiger partial charge in [0.1, 0.15) is 30.3 Å². The van der Waals surface area contributed by atoms with E-state index < -0.39 is 5.97 Å². The van der Waals surface area contributed by atoms with Crippen molar-refractivity contribution in [3.8, 4) is 28.4 Å². The molecule has 4 aromatic rings. The summed E-state index contributed by atoms with van der Waals surface area (Å²) < 4.78 is 24.0. The normalized spacial score (nSPS) is 12.5. The highest BCUT2D eigenvalue weighted by molar-refractivity contribution is 9.10. The van der Waals surface area contributed by atoms with Crippen molar-refractivity contribution in [3.63, 3.8) is 0 Å². The maximum absolute atomic E-state index is 13.6. The molecule has 5 rings (SSSR count). The molecule has 1 aliphatic rings. The molecule has 178 valence electrons. The lowest BCUT2D eigenvalue weighted by Crippen LogP contribution is -2.15. The number of benzene rings is 3. The molecule has 0 bridgehead atoms. The lowest BCUT2D eigenvalue weighted by atomic mass is 9.99. The molecule has 0 N–H and O–H groups in total. The molecule has 0 saturated heterocycles. The number of esters is 1. The van der Waals surface area contributed by atoms with Gasteiger partial charge in [0, 0.05) is 10.5 Å². The highest BCUT2D eigenvalue weighted by Gasteiger charge is 2.20. The molecule has 0 aliphatic carbocycles. The minimum atomic E-state index is -0.471. The second-order valence-electron chi connectivity index (χ2n) is 8.32. The largest absolute Gasteiger partial charge is 0.486 e. The van der Waals surface area contributed by atoms with Crippen molar-refractivity contribution < 1.29 is 23.4 Å². The van der Waals surface area contributed by atoms with E-state index in [4.69, 9.17) is 18.6 Å². The van der Waals surface area contributed by atoms with E-state index in [2.05, 4.69) is 15.9 Å². The third-order valence-corrected chi connectivity index (χ3v) is 6.41. The molecular formula is C28H23BrO6. The van der Waals surface area contributed by atoms with Crippen molar-refractivity contribution in [1.29, 1.82) is 0 Å². The van der Waals surface area contributed by atoms with Crippen molar-refractivity contribution in [2.75, 3.05) is 13.2 Å². The Hall–Kier alpha value is -3.58. The van der Waals surface area contributed by atoms with Crippen molar-refractivity contribution >= 4 is 32.9 Å². The third kappa shape index (κ3) is 4.56. The number of aryl methyl sites for hydroxylation is 2. The van der Waals surface area contributed by atoms with Crippen LogP contribution in [0.3, 0.4) is 0 Å². The lowest BCUT2D eigenvalue weighted by molar-refractivity contribution is 0.0733. The molecule has 35 heavy (non-hydrogen) atoms. The fourth-order valence-electron chi connectivity index (χ4n) is 4.22. The van der Waals surface area contributed by atoms with Gasteiger partial charge in [0.05, 0.1) is 16.5 Å². The zero-order chi connectivity index (χ0) is 24.5. The van der Waals surface area contributed by atoms with E-state index >= 15 is 0 Å². The molecule has 1 aromatic heterocycles. The molecule has 0 fully saturated rings. The van der Waals surface area contributed by atoms with Crippen LogP contribution in [0.25, 0.3) is 22.1 Å². The van der Waals surface area contributed by atoms with Gasteiger partial charge in [0.2, 0.25) is 5.43 Å². The summed E-state index contributed by atoms with van der Waals surface area (Å²) >= 11 is 3.37. The van der Waals surface area contributed by atoms with Gasteiger partial charge in [-0.25, -0.2) is 4.79 Å². The number of rotatable bonds is 5. The Balaban J connectivity index is 1.58. The summed E-state index contributed by atoms with van der Waals surface area (Å²) in [4.78, 5) is 26.4. The van der Waals surface area contributed by atoms with Gasteiger partial charge >= 0.3 is 5.97 Å². The number of hydrogen-bond donors (Lipinski definition) is 0. The Labute approximate surface area is 210 Å². The first-order valence-electron chi connectivity index (χ1n) is 11.4. The fourth-order valence-corrected chi connectivity index (χ4v) is 4.48. The van der Waals surface area contributed by atoms with E-state index in [9.17, 15) is 9.59 Å². The highest BCUT2D eigenvalue weighted by atomic mass is 79.9. The second-order valence-corrected chi connectivity index (χ2v) is 9.24. The van der Waals surface area contributed by atoms with Crippen LogP contribution in [0.1, 0.15) is 35.0 Å². The van der Waals surface area contributed by atoms with Crippen LogP contribution in [-0.2, 0) is 6.42 Å². The number of halogens is 1. The predicted octanol–water partition coefficient (Wildman–Crippen LogP) is 6.47. The number of fused-ring (bicyclic) bond motifs is 2. The van der Waals surface area contributed by atoms with Crippen LogP contribution in [0.5, 0.6) is 17.2 Å². The average Bonchev–Trinajstić information content (AvgIpc) is 2.85. The lowest BCUT2D eigenvalue weighted by Gasteiger charge is -2.19. The van der Waals surface area contributed by atoms with E-state index in [1.807, 2.05) is 13.0 Å². The van der Waals surface area contributed by atoms with E-state index in [1.165, 1.54) is 0 Å². The Morgan fingerprint density at radius 2 is 1.74 bits per heavy atom. The first kappa shape index (κ1) is 23.2. The second kappa shape index (κ2) is 9.58. The number of carbonyl (C=O) groups is 1. The molecule has 1 aliphatic heterocycles. The van der Waals surface area contributed by atoms with E-state index in [1.54, 1.807) is 55.5 Å². The summed E-state index contributed by atoms with van der Waals surface area (Å²) in [5.41, 5.74) is 2.59. The molecule has 6 nitrogen and oxygen atoms in total. The maximum atomic E-state index is 13.6. The fraction of sp³-hybridized carbons (Fsp3) is 0.214. The topological polar surface area (TPSA) is 75.0 Å². The van der Waals surface area contributed by atoms with Crippen LogP contribution < -0.4 is 19.6 Å². The summed E-state index contributed by atoms with van der Waals surface area (Å²) in [6.45, 7) is 4.74. The van der Waals surface area contributed by atoms with Crippen molar-refractivity contribution in [1.82, 2.24) is 0 Å². The van der Waals surface area contributed by atoms with Crippen LogP contribution in [0, 0.1) is 6.92 Å². The molecule has 0 atom stereocenters. The van der Waals surface area contributed by atoms with Crippen LogP contribution in [-0.4, -0.2) is 19.2 Å². The van der Waals surface area contributed by atoms with E-state index in [-0.39, 0.29) is 5.43 Å². The standard InChI is InChI=1S/C28H23BrO6/c1-3-4-18-13-21-24(15-23(18)35-28(31)17-5-8-20(29)9-6-17)34-16(2)26(27(21)30)19-7-10-22-25(14-19)33-12-11-32-22/h5-10,13-15H,3-4,11-12H2,1-2H3. The van der Waals surface area contributed by atoms with Crippen molar-refractivity contribution in [2.24, 2.45) is 0 Å². The van der Waals surface area contributed by atoms with Crippen molar-refractivity contribution in [2.45, 2.75) is 26.7 Å². The quantitative estimate of drug-likeness (QED) is 0.215. The summed E-state index contributed by atoms with van der Waals surface area (Å²) in [7, 11) is 0. The molecule has 0 radical (unpaired) electrons. The first-order valence-corrected chi connectivity index (χ1v) is 12.2. The van der Waals surface area contributed by atoms with Gasteiger partial charge in [0.15, 0.2) is 11.5 Å². The van der Waals surface area contributed by atoms with Crippen LogP contribution >= 0.6 is 15.9 Å². The Morgan fingerprint density at radius 1 is 1.00 bits per heavy atom. The average molecular weight is 535 g/mol. The Kier molecular flexibility index (Phi) is 6.34. The van der Waals surface area contributed by atoms with Crippen LogP contribution in [0.4, 0.5) is 0 Å². The van der Waals surface area contributed by atoms with E-state index in [0.717, 1.165) is 16.5 Å². The Bertz CT molecular complexity index is 1490. The van der Waals surface area contributed by atoms with Crippen LogP contribution in [0.2, 0.25) is 0 Å². The minimum absolute atomic E-state index is 0.149. The summed E-state index contributed by atoms with van der Waals surface area (Å²) in [5.74, 6) is 1.65. The molecule has 3 aromatic carbocycles. The molecule has 0 saturated carbocycles. The molecular weight excluding hydrogens is 512 g/mol. The predicted molar refractivity (Wildman–Crippen MR) is 137 cm³/mol. The maximum Gasteiger partial charge on any atom is 0.343 e. The zero-order valence-electron chi connectivity index (χ0n) is 19.4. The monoisotopic (exact) mass is 534 g/mol. The highest BCUT2D eigenvalue weighted by Crippen LogP contribution is 2.36. The number of hydrogen-bond acceptors (Lipinski definition) is 6.